The summed E-state index contributed by atoms with van der Waals surface area (Å²) in [6.07, 6.45) is 0.612. The van der Waals surface area contributed by atoms with E-state index >= 15 is 0 Å². The minimum atomic E-state index is -3.85. The Balaban J connectivity index is 2.01. The number of rotatable bonds is 4. The molecule has 1 amide bonds. The smallest absolute Gasteiger partial charge is 0.242 e. The van der Waals surface area contributed by atoms with E-state index < -0.39 is 10.0 Å². The van der Waals surface area contributed by atoms with Gasteiger partial charge in [0, 0.05) is 29.0 Å². The first-order chi connectivity index (χ1) is 12.2. The lowest BCUT2D eigenvalue weighted by Gasteiger charge is -2.23. The molecule has 3 rings (SSSR count). The van der Waals surface area contributed by atoms with E-state index in [4.69, 9.17) is 11.6 Å². The van der Waals surface area contributed by atoms with Crippen molar-refractivity contribution in [3.05, 3.63) is 57.0 Å². The van der Waals surface area contributed by atoms with E-state index in [2.05, 4.69) is 20.7 Å². The normalized spacial score (nSPS) is 16.6. The second-order valence-corrected chi connectivity index (χ2v) is 9.33. The molecule has 138 valence electrons. The highest BCUT2D eigenvalue weighted by Gasteiger charge is 2.35. The fourth-order valence-electron chi connectivity index (χ4n) is 3.25. The van der Waals surface area contributed by atoms with E-state index in [9.17, 15) is 13.2 Å². The van der Waals surface area contributed by atoms with Gasteiger partial charge in [-0.05, 0) is 42.7 Å². The molecule has 0 aliphatic carbocycles. The van der Waals surface area contributed by atoms with Gasteiger partial charge in [-0.1, -0.05) is 45.7 Å². The summed E-state index contributed by atoms with van der Waals surface area (Å²) in [4.78, 5) is 13.7. The number of halogens is 2. The van der Waals surface area contributed by atoms with Gasteiger partial charge in [0.1, 0.15) is 4.90 Å². The third-order valence-corrected chi connectivity index (χ3v) is 6.60. The molecule has 0 saturated heterocycles. The summed E-state index contributed by atoms with van der Waals surface area (Å²) in [7, 11) is -3.85. The molecular formula is C18H18BrClN2O3S. The number of hydrogen-bond donors (Lipinski definition) is 1. The van der Waals surface area contributed by atoms with Gasteiger partial charge < -0.3 is 4.90 Å². The minimum Gasteiger partial charge on any atom is -0.308 e. The molecule has 0 unspecified atom stereocenters. The third-order valence-electron chi connectivity index (χ3n) is 4.35. The van der Waals surface area contributed by atoms with Crippen molar-refractivity contribution in [2.45, 2.75) is 37.8 Å². The van der Waals surface area contributed by atoms with Gasteiger partial charge in [0.2, 0.25) is 15.9 Å². The Morgan fingerprint density at radius 2 is 2.04 bits per heavy atom. The van der Waals surface area contributed by atoms with E-state index in [-0.39, 0.29) is 23.4 Å². The van der Waals surface area contributed by atoms with Crippen LogP contribution in [0.5, 0.6) is 0 Å². The van der Waals surface area contributed by atoms with E-state index in [1.54, 1.807) is 29.2 Å². The van der Waals surface area contributed by atoms with Gasteiger partial charge >= 0.3 is 0 Å². The molecule has 2 aromatic rings. The molecular weight excluding hydrogens is 440 g/mol. The number of fused-ring (bicyclic) bond motifs is 1. The van der Waals surface area contributed by atoms with Crippen LogP contribution in [-0.4, -0.2) is 20.4 Å². The Labute approximate surface area is 166 Å². The second kappa shape index (κ2) is 7.31. The van der Waals surface area contributed by atoms with Crippen molar-refractivity contribution in [1.82, 2.24) is 4.72 Å². The Kier molecular flexibility index (Phi) is 5.44. The predicted molar refractivity (Wildman–Crippen MR) is 106 cm³/mol. The zero-order chi connectivity index (χ0) is 19.1. The van der Waals surface area contributed by atoms with Crippen LogP contribution in [0.15, 0.2) is 45.8 Å². The first-order valence-electron chi connectivity index (χ1n) is 8.06. The maximum absolute atomic E-state index is 13.0. The van der Waals surface area contributed by atoms with E-state index in [1.165, 1.54) is 13.0 Å². The van der Waals surface area contributed by atoms with Crippen LogP contribution in [0.2, 0.25) is 5.02 Å². The summed E-state index contributed by atoms with van der Waals surface area (Å²) >= 11 is 9.48. The largest absolute Gasteiger partial charge is 0.308 e. The van der Waals surface area contributed by atoms with E-state index in [0.29, 0.717) is 27.2 Å². The van der Waals surface area contributed by atoms with Crippen molar-refractivity contribution in [3.8, 4) is 0 Å². The van der Waals surface area contributed by atoms with Crippen molar-refractivity contribution < 1.29 is 13.2 Å². The monoisotopic (exact) mass is 456 g/mol. The van der Waals surface area contributed by atoms with Crippen LogP contribution in [0.1, 0.15) is 25.0 Å². The van der Waals surface area contributed by atoms with E-state index in [1.807, 2.05) is 13.0 Å². The zero-order valence-corrected chi connectivity index (χ0v) is 17.5. The molecule has 0 bridgehead atoms. The molecule has 0 saturated carbocycles. The molecule has 0 spiro atoms. The van der Waals surface area contributed by atoms with Gasteiger partial charge in [-0.25, -0.2) is 13.1 Å². The van der Waals surface area contributed by atoms with Gasteiger partial charge in [0.25, 0.3) is 0 Å². The molecule has 1 aliphatic rings. The maximum atomic E-state index is 13.0. The van der Waals surface area contributed by atoms with Gasteiger partial charge in [0.05, 0.1) is 5.69 Å². The summed E-state index contributed by atoms with van der Waals surface area (Å²) in [5.41, 5.74) is 1.97. The Morgan fingerprint density at radius 1 is 1.35 bits per heavy atom. The van der Waals surface area contributed by atoms with Gasteiger partial charge in [0.15, 0.2) is 0 Å². The highest BCUT2D eigenvalue weighted by atomic mass is 79.9. The number of nitrogens with zero attached hydrogens (tertiary/aromatic N) is 1. The van der Waals surface area contributed by atoms with Crippen molar-refractivity contribution in [2.75, 3.05) is 4.90 Å². The summed E-state index contributed by atoms with van der Waals surface area (Å²) < 4.78 is 29.2. The first kappa shape index (κ1) is 19.4. The second-order valence-electron chi connectivity index (χ2n) is 6.27. The number of sulfonamides is 1. The number of amides is 1. The SMILES string of the molecule is CC(=O)N1c2c(cc(Br)cc2S(=O)(=O)NCc2ccccc2Cl)C[C@@H]1C. The fraction of sp³-hybridized carbons (Fsp3) is 0.278. The molecule has 1 aliphatic heterocycles. The molecule has 26 heavy (non-hydrogen) atoms. The third kappa shape index (κ3) is 3.67. The first-order valence-corrected chi connectivity index (χ1v) is 10.7. The summed E-state index contributed by atoms with van der Waals surface area (Å²) in [6, 6.07) is 10.4. The van der Waals surface area contributed by atoms with Gasteiger partial charge in [-0.15, -0.1) is 0 Å². The van der Waals surface area contributed by atoms with Crippen molar-refractivity contribution in [1.29, 1.82) is 0 Å². The lowest BCUT2D eigenvalue weighted by molar-refractivity contribution is -0.116. The summed E-state index contributed by atoms with van der Waals surface area (Å²) in [6.45, 7) is 3.42. The highest BCUT2D eigenvalue weighted by molar-refractivity contribution is 9.10. The number of nitrogens with one attached hydrogen (secondary N) is 1. The fourth-order valence-corrected chi connectivity index (χ4v) is 5.38. The average molecular weight is 458 g/mol. The van der Waals surface area contributed by atoms with Crippen LogP contribution in [0, 0.1) is 0 Å². The number of hydrogen-bond acceptors (Lipinski definition) is 3. The van der Waals surface area contributed by atoms with E-state index in [0.717, 1.165) is 5.56 Å². The van der Waals surface area contributed by atoms with Crippen LogP contribution < -0.4 is 9.62 Å². The quantitative estimate of drug-likeness (QED) is 0.758. The van der Waals surface area contributed by atoms with Crippen molar-refractivity contribution in [2.24, 2.45) is 0 Å². The van der Waals surface area contributed by atoms with Crippen molar-refractivity contribution in [3.63, 3.8) is 0 Å². The predicted octanol–water partition coefficient (Wildman–Crippen LogP) is 3.88. The number of benzene rings is 2. The lowest BCUT2D eigenvalue weighted by Crippen LogP contribution is -2.35. The zero-order valence-electron chi connectivity index (χ0n) is 14.3. The van der Waals surface area contributed by atoms with Crippen LogP contribution in [-0.2, 0) is 27.8 Å². The lowest BCUT2D eigenvalue weighted by atomic mass is 10.1. The molecule has 0 radical (unpaired) electrons. The van der Waals surface area contributed by atoms with Crippen LogP contribution in [0.25, 0.3) is 0 Å². The molecule has 1 heterocycles. The molecule has 0 aromatic heterocycles. The molecule has 5 nitrogen and oxygen atoms in total. The summed E-state index contributed by atoms with van der Waals surface area (Å²) in [5.74, 6) is -0.180. The topological polar surface area (TPSA) is 66.5 Å². The number of anilines is 1. The Bertz CT molecular complexity index is 978. The Hall–Kier alpha value is -1.41. The average Bonchev–Trinajstić information content (AvgIpc) is 2.88. The van der Waals surface area contributed by atoms with Crippen LogP contribution >= 0.6 is 27.5 Å². The molecule has 8 heteroatoms. The van der Waals surface area contributed by atoms with Gasteiger partial charge in [-0.3, -0.25) is 4.79 Å². The standard InChI is InChI=1S/C18H18BrClN2O3S/c1-11-7-14-8-15(19)9-17(18(14)22(11)12(2)23)26(24,25)21-10-13-5-3-4-6-16(13)20/h3-6,8-9,11,21H,7,10H2,1-2H3/t11-/m0/s1. The molecule has 1 atom stereocenters. The van der Waals surface area contributed by atoms with Crippen LogP contribution in [0.3, 0.4) is 0 Å². The van der Waals surface area contributed by atoms with Crippen LogP contribution in [0.4, 0.5) is 5.69 Å². The minimum absolute atomic E-state index is 0.0684. The molecule has 2 aromatic carbocycles. The highest BCUT2D eigenvalue weighted by Crippen LogP contribution is 2.40. The van der Waals surface area contributed by atoms with Crippen molar-refractivity contribution >= 4 is 49.1 Å². The Morgan fingerprint density at radius 3 is 2.69 bits per heavy atom. The number of carbonyl (C=O) groups is 1. The molecule has 1 N–H and O–H groups in total. The maximum Gasteiger partial charge on any atom is 0.242 e. The summed E-state index contributed by atoms with van der Waals surface area (Å²) in [5, 5.41) is 0.494. The van der Waals surface area contributed by atoms with Gasteiger partial charge in [-0.2, -0.15) is 0 Å². The molecule has 0 fully saturated rings. The number of carbonyl (C=O) groups excluding carboxylic acids is 1.